The van der Waals surface area contributed by atoms with E-state index in [1.54, 1.807) is 12.3 Å². The van der Waals surface area contributed by atoms with Crippen LogP contribution in [0.15, 0.2) is 72.9 Å². The number of amides is 1. The molecule has 1 aliphatic heterocycles. The van der Waals surface area contributed by atoms with Crippen molar-refractivity contribution in [1.82, 2.24) is 9.88 Å². The van der Waals surface area contributed by atoms with Crippen LogP contribution in [0.1, 0.15) is 15.9 Å². The van der Waals surface area contributed by atoms with Crippen molar-refractivity contribution in [2.45, 2.75) is 6.92 Å². The predicted octanol–water partition coefficient (Wildman–Crippen LogP) is 4.10. The molecule has 4 rings (SSSR count). The van der Waals surface area contributed by atoms with Crippen molar-refractivity contribution in [3.05, 3.63) is 84.1 Å². The zero-order valence-electron chi connectivity index (χ0n) is 16.0. The summed E-state index contributed by atoms with van der Waals surface area (Å²) in [4.78, 5) is 21.6. The number of aromatic nitrogens is 1. The highest BCUT2D eigenvalue weighted by Gasteiger charge is 2.22. The summed E-state index contributed by atoms with van der Waals surface area (Å²) < 4.78 is 0. The number of carbonyl (C=O) groups excluding carboxylic acids is 1. The van der Waals surface area contributed by atoms with Crippen molar-refractivity contribution in [2.24, 2.45) is 0 Å². The molecule has 5 nitrogen and oxygen atoms in total. The molecule has 0 radical (unpaired) electrons. The first-order valence-electron chi connectivity index (χ1n) is 9.59. The van der Waals surface area contributed by atoms with Crippen LogP contribution in [0.5, 0.6) is 0 Å². The molecule has 2 heterocycles. The monoisotopic (exact) mass is 372 g/mol. The first kappa shape index (κ1) is 18.0. The van der Waals surface area contributed by atoms with Gasteiger partial charge in [-0.15, -0.1) is 0 Å². The molecule has 0 spiro atoms. The van der Waals surface area contributed by atoms with Crippen LogP contribution in [0.4, 0.5) is 17.2 Å². The van der Waals surface area contributed by atoms with Crippen LogP contribution in [0.3, 0.4) is 0 Å². The van der Waals surface area contributed by atoms with Crippen molar-refractivity contribution < 1.29 is 4.79 Å². The molecule has 0 saturated carbocycles. The van der Waals surface area contributed by atoms with Crippen molar-refractivity contribution in [1.29, 1.82) is 0 Å². The second kappa shape index (κ2) is 8.13. The predicted molar refractivity (Wildman–Crippen MR) is 113 cm³/mol. The third-order valence-electron chi connectivity index (χ3n) is 5.10. The fourth-order valence-electron chi connectivity index (χ4n) is 3.47. The Kier molecular flexibility index (Phi) is 5.24. The molecule has 28 heavy (non-hydrogen) atoms. The molecule has 1 aliphatic rings. The molecule has 0 bridgehead atoms. The number of aryl methyl sites for hydroxylation is 1. The van der Waals surface area contributed by atoms with Crippen LogP contribution in [0, 0.1) is 6.92 Å². The van der Waals surface area contributed by atoms with E-state index in [0.29, 0.717) is 11.4 Å². The summed E-state index contributed by atoms with van der Waals surface area (Å²) in [7, 11) is 0. The Morgan fingerprint density at radius 1 is 0.929 bits per heavy atom. The molecule has 0 aliphatic carbocycles. The van der Waals surface area contributed by atoms with Gasteiger partial charge in [-0.25, -0.2) is 4.98 Å². The molecule has 142 valence electrons. The number of rotatable bonds is 4. The van der Waals surface area contributed by atoms with E-state index in [0.717, 1.165) is 37.4 Å². The van der Waals surface area contributed by atoms with E-state index in [1.807, 2.05) is 60.4 Å². The number of hydrogen-bond acceptors (Lipinski definition) is 4. The van der Waals surface area contributed by atoms with E-state index in [-0.39, 0.29) is 5.91 Å². The van der Waals surface area contributed by atoms with E-state index in [1.165, 1.54) is 5.69 Å². The SMILES string of the molecule is Cc1ccccc1Nc1cc(C(=O)N2CCN(c3ccccc3)CC2)ccn1. The van der Waals surface area contributed by atoms with Gasteiger partial charge in [-0.1, -0.05) is 36.4 Å². The molecule has 0 atom stereocenters. The normalized spacial score (nSPS) is 14.0. The molecule has 3 aromatic rings. The van der Waals surface area contributed by atoms with E-state index in [9.17, 15) is 4.79 Å². The van der Waals surface area contributed by atoms with Gasteiger partial charge in [0.15, 0.2) is 0 Å². The van der Waals surface area contributed by atoms with Crippen LogP contribution in [-0.2, 0) is 0 Å². The molecule has 0 unspecified atom stereocenters. The maximum atomic E-state index is 13.0. The average molecular weight is 372 g/mol. The Hall–Kier alpha value is -3.34. The van der Waals surface area contributed by atoms with E-state index in [4.69, 9.17) is 0 Å². The summed E-state index contributed by atoms with van der Waals surface area (Å²) in [5, 5.41) is 3.31. The largest absolute Gasteiger partial charge is 0.368 e. The Labute approximate surface area is 165 Å². The minimum atomic E-state index is 0.0583. The van der Waals surface area contributed by atoms with Gasteiger partial charge < -0.3 is 15.1 Å². The lowest BCUT2D eigenvalue weighted by molar-refractivity contribution is 0.0746. The highest BCUT2D eigenvalue weighted by molar-refractivity contribution is 5.95. The number of nitrogens with zero attached hydrogens (tertiary/aromatic N) is 3. The maximum absolute atomic E-state index is 13.0. The number of carbonyl (C=O) groups is 1. The number of nitrogens with one attached hydrogen (secondary N) is 1. The third kappa shape index (κ3) is 3.98. The van der Waals surface area contributed by atoms with Crippen molar-refractivity contribution in [2.75, 3.05) is 36.4 Å². The fraction of sp³-hybridized carbons (Fsp3) is 0.217. The van der Waals surface area contributed by atoms with Crippen LogP contribution in [0.25, 0.3) is 0 Å². The molecule has 2 aromatic carbocycles. The van der Waals surface area contributed by atoms with Crippen molar-refractivity contribution in [3.63, 3.8) is 0 Å². The molecule has 5 heteroatoms. The summed E-state index contributed by atoms with van der Waals surface area (Å²) in [5.74, 6) is 0.742. The second-order valence-electron chi connectivity index (χ2n) is 6.98. The zero-order valence-corrected chi connectivity index (χ0v) is 16.0. The van der Waals surface area contributed by atoms with Gasteiger partial charge in [0.25, 0.3) is 5.91 Å². The molecule has 1 N–H and O–H groups in total. The molecule has 1 amide bonds. The number of benzene rings is 2. The Morgan fingerprint density at radius 2 is 1.64 bits per heavy atom. The number of hydrogen-bond donors (Lipinski definition) is 1. The van der Waals surface area contributed by atoms with Crippen LogP contribution in [-0.4, -0.2) is 42.0 Å². The quantitative estimate of drug-likeness (QED) is 0.749. The summed E-state index contributed by atoms with van der Waals surface area (Å²) in [6.07, 6.45) is 1.69. The summed E-state index contributed by atoms with van der Waals surface area (Å²) in [6.45, 7) is 5.17. The van der Waals surface area contributed by atoms with Crippen LogP contribution in [0.2, 0.25) is 0 Å². The van der Waals surface area contributed by atoms with Gasteiger partial charge in [0.05, 0.1) is 0 Å². The molecular weight excluding hydrogens is 348 g/mol. The molecular formula is C23H24N4O. The minimum Gasteiger partial charge on any atom is -0.368 e. The topological polar surface area (TPSA) is 48.5 Å². The van der Waals surface area contributed by atoms with Crippen LogP contribution >= 0.6 is 0 Å². The van der Waals surface area contributed by atoms with E-state index < -0.39 is 0 Å². The Morgan fingerprint density at radius 3 is 2.39 bits per heavy atom. The van der Waals surface area contributed by atoms with Gasteiger partial charge >= 0.3 is 0 Å². The Balaban J connectivity index is 1.42. The maximum Gasteiger partial charge on any atom is 0.254 e. The van der Waals surface area contributed by atoms with E-state index in [2.05, 4.69) is 27.3 Å². The second-order valence-corrected chi connectivity index (χ2v) is 6.98. The number of para-hydroxylation sites is 2. The highest BCUT2D eigenvalue weighted by atomic mass is 16.2. The lowest BCUT2D eigenvalue weighted by Crippen LogP contribution is -2.48. The van der Waals surface area contributed by atoms with E-state index >= 15 is 0 Å². The van der Waals surface area contributed by atoms with Gasteiger partial charge in [-0.2, -0.15) is 0 Å². The zero-order chi connectivity index (χ0) is 19.3. The molecule has 1 aromatic heterocycles. The van der Waals surface area contributed by atoms with Gasteiger partial charge in [-0.05, 0) is 42.8 Å². The van der Waals surface area contributed by atoms with Crippen molar-refractivity contribution in [3.8, 4) is 0 Å². The van der Waals surface area contributed by atoms with Gasteiger partial charge in [0, 0.05) is 49.3 Å². The van der Waals surface area contributed by atoms with Gasteiger partial charge in [-0.3, -0.25) is 4.79 Å². The first-order valence-corrected chi connectivity index (χ1v) is 9.59. The highest BCUT2D eigenvalue weighted by Crippen LogP contribution is 2.21. The average Bonchev–Trinajstić information content (AvgIpc) is 2.76. The van der Waals surface area contributed by atoms with Gasteiger partial charge in [0.2, 0.25) is 0 Å². The molecule has 1 fully saturated rings. The number of pyridine rings is 1. The summed E-state index contributed by atoms with van der Waals surface area (Å²) in [5.41, 5.74) is 4.01. The third-order valence-corrected chi connectivity index (χ3v) is 5.10. The first-order chi connectivity index (χ1) is 13.7. The lowest BCUT2D eigenvalue weighted by atomic mass is 10.1. The molecule has 1 saturated heterocycles. The van der Waals surface area contributed by atoms with Crippen molar-refractivity contribution >= 4 is 23.1 Å². The summed E-state index contributed by atoms with van der Waals surface area (Å²) in [6, 6.07) is 22.0. The van der Waals surface area contributed by atoms with Gasteiger partial charge in [0.1, 0.15) is 5.82 Å². The Bertz CT molecular complexity index is 950. The minimum absolute atomic E-state index is 0.0583. The lowest BCUT2D eigenvalue weighted by Gasteiger charge is -2.36. The number of anilines is 3. The summed E-state index contributed by atoms with van der Waals surface area (Å²) >= 11 is 0. The number of piperazine rings is 1. The smallest absolute Gasteiger partial charge is 0.254 e. The standard InChI is InChI=1S/C23H24N4O/c1-18-7-5-6-10-21(18)25-22-17-19(11-12-24-22)23(28)27-15-13-26(14-16-27)20-8-3-2-4-9-20/h2-12,17H,13-16H2,1H3,(H,24,25). The fourth-order valence-corrected chi connectivity index (χ4v) is 3.47. The van der Waals surface area contributed by atoms with Crippen LogP contribution < -0.4 is 10.2 Å².